The number of aliphatic hydroxyl groups excluding tert-OH is 1. The van der Waals surface area contributed by atoms with Crippen LogP contribution in [-0.2, 0) is 13.0 Å². The second-order valence-corrected chi connectivity index (χ2v) is 6.71. The monoisotopic (exact) mass is 432 g/mol. The molecule has 0 saturated heterocycles. The van der Waals surface area contributed by atoms with Crippen LogP contribution in [0.3, 0.4) is 0 Å². The van der Waals surface area contributed by atoms with Crippen molar-refractivity contribution in [1.29, 1.82) is 0 Å². The summed E-state index contributed by atoms with van der Waals surface area (Å²) in [6.45, 7) is 0.604. The first kappa shape index (κ1) is 16.8. The van der Waals surface area contributed by atoms with Gasteiger partial charge in [-0.1, -0.05) is 29.8 Å². The summed E-state index contributed by atoms with van der Waals surface area (Å²) in [6, 6.07) is 11.7. The fourth-order valence-corrected chi connectivity index (χ4v) is 3.64. The summed E-state index contributed by atoms with van der Waals surface area (Å²) in [5.74, 6) is 0.752. The predicted octanol–water partition coefficient (Wildman–Crippen LogP) is 5.37. The van der Waals surface area contributed by atoms with Crippen LogP contribution in [0.1, 0.15) is 17.5 Å². The number of aryl methyl sites for hydroxylation is 1. The fraction of sp³-hybridized carbons (Fsp3) is 0.250. The Morgan fingerprint density at radius 3 is 2.38 bits per heavy atom. The average Bonchev–Trinajstić information content (AvgIpc) is 2.46. The van der Waals surface area contributed by atoms with Gasteiger partial charge in [0.2, 0.25) is 0 Å². The third kappa shape index (κ3) is 4.71. The summed E-state index contributed by atoms with van der Waals surface area (Å²) >= 11 is 13.2. The lowest BCUT2D eigenvalue weighted by atomic mass is 10.1. The molecule has 1 N–H and O–H groups in total. The fourth-order valence-electron chi connectivity index (χ4n) is 1.94. The van der Waals surface area contributed by atoms with Crippen LogP contribution in [-0.4, -0.2) is 11.7 Å². The van der Waals surface area contributed by atoms with Crippen LogP contribution in [0.2, 0.25) is 5.02 Å². The van der Waals surface area contributed by atoms with E-state index in [0.717, 1.165) is 38.7 Å². The molecular formula is C16H15Br2ClO2. The molecule has 0 aliphatic heterocycles. The molecule has 0 spiro atoms. The summed E-state index contributed by atoms with van der Waals surface area (Å²) in [5, 5.41) is 9.59. The number of rotatable bonds is 6. The quantitative estimate of drug-likeness (QED) is 0.662. The highest BCUT2D eigenvalue weighted by Gasteiger charge is 2.10. The molecule has 21 heavy (non-hydrogen) atoms. The van der Waals surface area contributed by atoms with Crippen LogP contribution in [0, 0.1) is 0 Å². The van der Waals surface area contributed by atoms with Crippen molar-refractivity contribution in [3.05, 3.63) is 61.5 Å². The van der Waals surface area contributed by atoms with Crippen molar-refractivity contribution >= 4 is 43.5 Å². The minimum absolute atomic E-state index is 0.194. The van der Waals surface area contributed by atoms with Crippen LogP contribution >= 0.6 is 43.5 Å². The van der Waals surface area contributed by atoms with E-state index in [1.807, 2.05) is 36.4 Å². The van der Waals surface area contributed by atoms with Crippen molar-refractivity contribution in [3.8, 4) is 5.75 Å². The Balaban J connectivity index is 2.12. The number of hydrogen-bond donors (Lipinski definition) is 1. The third-order valence-electron chi connectivity index (χ3n) is 3.01. The summed E-state index contributed by atoms with van der Waals surface area (Å²) < 4.78 is 7.64. The molecule has 0 saturated carbocycles. The largest absolute Gasteiger partial charge is 0.486 e. The van der Waals surface area contributed by atoms with E-state index in [-0.39, 0.29) is 6.61 Å². The molecule has 2 rings (SSSR count). The highest BCUT2D eigenvalue weighted by atomic mass is 79.9. The molecule has 0 bridgehead atoms. The van der Waals surface area contributed by atoms with Crippen molar-refractivity contribution in [2.45, 2.75) is 19.4 Å². The van der Waals surface area contributed by atoms with Crippen LogP contribution in [0.4, 0.5) is 0 Å². The van der Waals surface area contributed by atoms with Crippen LogP contribution in [0.5, 0.6) is 5.75 Å². The van der Waals surface area contributed by atoms with Crippen molar-refractivity contribution in [3.63, 3.8) is 0 Å². The lowest BCUT2D eigenvalue weighted by molar-refractivity contribution is 0.288. The number of halogens is 3. The second-order valence-electron chi connectivity index (χ2n) is 4.60. The first-order valence-electron chi connectivity index (χ1n) is 6.57. The van der Waals surface area contributed by atoms with Gasteiger partial charge in [-0.2, -0.15) is 0 Å². The number of ether oxygens (including phenoxy) is 1. The first-order chi connectivity index (χ1) is 10.1. The Kier molecular flexibility index (Phi) is 6.55. The first-order valence-corrected chi connectivity index (χ1v) is 8.53. The molecule has 0 fully saturated rings. The summed E-state index contributed by atoms with van der Waals surface area (Å²) in [5.41, 5.74) is 2.09. The molecule has 0 radical (unpaired) electrons. The van der Waals surface area contributed by atoms with E-state index in [1.54, 1.807) is 0 Å². The summed E-state index contributed by atoms with van der Waals surface area (Å²) in [7, 11) is 0. The van der Waals surface area contributed by atoms with E-state index >= 15 is 0 Å². The Hall–Kier alpha value is -0.550. The van der Waals surface area contributed by atoms with E-state index in [9.17, 15) is 0 Å². The van der Waals surface area contributed by atoms with Crippen molar-refractivity contribution in [2.24, 2.45) is 0 Å². The van der Waals surface area contributed by atoms with Crippen LogP contribution in [0.15, 0.2) is 45.3 Å². The number of aliphatic hydroxyl groups is 1. The molecule has 0 heterocycles. The SMILES string of the molecule is OCCCc1cc(Br)c(OCc2ccccc2Cl)c(Br)c1. The van der Waals surface area contributed by atoms with E-state index in [4.69, 9.17) is 21.4 Å². The molecule has 0 amide bonds. The minimum Gasteiger partial charge on any atom is -0.486 e. The van der Waals surface area contributed by atoms with E-state index in [2.05, 4.69) is 31.9 Å². The van der Waals surface area contributed by atoms with E-state index < -0.39 is 0 Å². The van der Waals surface area contributed by atoms with Gasteiger partial charge in [0.05, 0.1) is 8.95 Å². The topological polar surface area (TPSA) is 29.5 Å². The molecule has 0 atom stereocenters. The van der Waals surface area contributed by atoms with Crippen molar-refractivity contribution in [2.75, 3.05) is 6.61 Å². The highest BCUT2D eigenvalue weighted by Crippen LogP contribution is 2.36. The van der Waals surface area contributed by atoms with Crippen LogP contribution in [0.25, 0.3) is 0 Å². The van der Waals surface area contributed by atoms with Gasteiger partial charge in [0.25, 0.3) is 0 Å². The van der Waals surface area contributed by atoms with Gasteiger partial charge >= 0.3 is 0 Å². The summed E-state index contributed by atoms with van der Waals surface area (Å²) in [6.07, 6.45) is 1.58. The molecule has 2 aromatic carbocycles. The smallest absolute Gasteiger partial charge is 0.148 e. The van der Waals surface area contributed by atoms with Gasteiger partial charge in [0, 0.05) is 17.2 Å². The Morgan fingerprint density at radius 2 is 1.76 bits per heavy atom. The van der Waals surface area contributed by atoms with Gasteiger partial charge in [-0.3, -0.25) is 0 Å². The Labute approximate surface area is 146 Å². The molecule has 0 aromatic heterocycles. The maximum absolute atomic E-state index is 8.90. The minimum atomic E-state index is 0.194. The molecule has 0 unspecified atom stereocenters. The molecule has 2 aromatic rings. The van der Waals surface area contributed by atoms with E-state index in [0.29, 0.717) is 11.6 Å². The van der Waals surface area contributed by atoms with Crippen molar-refractivity contribution in [1.82, 2.24) is 0 Å². The molecular weight excluding hydrogens is 419 g/mol. The molecule has 0 aliphatic rings. The lowest BCUT2D eigenvalue weighted by Gasteiger charge is -2.13. The normalized spacial score (nSPS) is 10.7. The zero-order chi connectivity index (χ0) is 15.2. The number of hydrogen-bond acceptors (Lipinski definition) is 2. The lowest BCUT2D eigenvalue weighted by Crippen LogP contribution is -1.99. The van der Waals surface area contributed by atoms with Gasteiger partial charge in [-0.15, -0.1) is 0 Å². The predicted molar refractivity (Wildman–Crippen MR) is 93.0 cm³/mol. The van der Waals surface area contributed by atoms with Crippen LogP contribution < -0.4 is 4.74 Å². The van der Waals surface area contributed by atoms with Gasteiger partial charge in [-0.25, -0.2) is 0 Å². The van der Waals surface area contributed by atoms with Gasteiger partial charge in [-0.05, 0) is 68.5 Å². The molecule has 112 valence electrons. The third-order valence-corrected chi connectivity index (χ3v) is 4.56. The van der Waals surface area contributed by atoms with Crippen molar-refractivity contribution < 1.29 is 9.84 Å². The maximum Gasteiger partial charge on any atom is 0.148 e. The maximum atomic E-state index is 8.90. The summed E-state index contributed by atoms with van der Waals surface area (Å²) in [4.78, 5) is 0. The zero-order valence-electron chi connectivity index (χ0n) is 11.3. The Morgan fingerprint density at radius 1 is 1.10 bits per heavy atom. The highest BCUT2D eigenvalue weighted by molar-refractivity contribution is 9.11. The van der Waals surface area contributed by atoms with Gasteiger partial charge < -0.3 is 9.84 Å². The van der Waals surface area contributed by atoms with Gasteiger partial charge in [0.1, 0.15) is 12.4 Å². The molecule has 5 heteroatoms. The number of benzene rings is 2. The average molecular weight is 435 g/mol. The van der Waals surface area contributed by atoms with Gasteiger partial charge in [0.15, 0.2) is 0 Å². The zero-order valence-corrected chi connectivity index (χ0v) is 15.2. The molecule has 0 aliphatic carbocycles. The molecule has 2 nitrogen and oxygen atoms in total. The second kappa shape index (κ2) is 8.18. The Bertz CT molecular complexity index is 594. The van der Waals surface area contributed by atoms with E-state index in [1.165, 1.54) is 0 Å². The standard InChI is InChI=1S/C16H15Br2ClO2/c17-13-8-11(4-3-7-20)9-14(18)16(13)21-10-12-5-1-2-6-15(12)19/h1-2,5-6,8-9,20H,3-4,7,10H2.